The van der Waals surface area contributed by atoms with E-state index >= 15 is 0 Å². The molecule has 0 aliphatic carbocycles. The van der Waals surface area contributed by atoms with E-state index < -0.39 is 0 Å². The fraction of sp³-hybridized carbons (Fsp3) is 0.320. The number of carbonyl (C=O) groups is 2. The van der Waals surface area contributed by atoms with E-state index in [0.29, 0.717) is 5.82 Å². The molecule has 1 aromatic heterocycles. The molecule has 0 radical (unpaired) electrons. The van der Waals surface area contributed by atoms with Crippen LogP contribution in [0.15, 0.2) is 54.6 Å². The monoisotopic (exact) mass is 418 g/mol. The predicted octanol–water partition coefficient (Wildman–Crippen LogP) is 4.08. The van der Waals surface area contributed by atoms with Gasteiger partial charge in [-0.25, -0.2) is 4.68 Å². The molecule has 0 aliphatic rings. The number of hydrogen-bond donors (Lipinski definition) is 2. The number of aryl methyl sites for hydroxylation is 2. The molecule has 162 valence electrons. The number of rotatable bonds is 6. The number of nitrogens with zero attached hydrogens (tertiary/aromatic N) is 2. The number of aromatic nitrogens is 2. The maximum absolute atomic E-state index is 12.6. The van der Waals surface area contributed by atoms with Crippen LogP contribution < -0.4 is 10.6 Å². The molecule has 6 heteroatoms. The normalized spacial score (nSPS) is 11.3. The van der Waals surface area contributed by atoms with Gasteiger partial charge in [-0.3, -0.25) is 9.59 Å². The van der Waals surface area contributed by atoms with Crippen molar-refractivity contribution in [3.8, 4) is 5.69 Å². The first kappa shape index (κ1) is 22.3. The smallest absolute Gasteiger partial charge is 0.244 e. The Kier molecular flexibility index (Phi) is 6.59. The summed E-state index contributed by atoms with van der Waals surface area (Å²) < 4.78 is 1.76. The highest BCUT2D eigenvalue weighted by Gasteiger charge is 2.22. The van der Waals surface area contributed by atoms with Crippen LogP contribution in [0.4, 0.5) is 5.82 Å². The third-order valence-corrected chi connectivity index (χ3v) is 4.98. The van der Waals surface area contributed by atoms with Crippen molar-refractivity contribution >= 4 is 17.6 Å². The second-order valence-electron chi connectivity index (χ2n) is 8.85. The number of nitrogens with one attached hydrogen (secondary N) is 2. The first-order valence-electron chi connectivity index (χ1n) is 10.4. The highest BCUT2D eigenvalue weighted by atomic mass is 16.2. The number of amides is 2. The second kappa shape index (κ2) is 9.16. The van der Waals surface area contributed by atoms with Gasteiger partial charge in [0.2, 0.25) is 11.8 Å². The summed E-state index contributed by atoms with van der Waals surface area (Å²) in [6, 6.07) is 17.4. The van der Waals surface area contributed by atoms with Crippen molar-refractivity contribution in [2.24, 2.45) is 0 Å². The lowest BCUT2D eigenvalue weighted by molar-refractivity contribution is -0.123. The Morgan fingerprint density at radius 3 is 2.32 bits per heavy atom. The van der Waals surface area contributed by atoms with Crippen LogP contribution in [0.5, 0.6) is 0 Å². The lowest BCUT2D eigenvalue weighted by Gasteiger charge is -2.14. The quantitative estimate of drug-likeness (QED) is 0.633. The standard InChI is InChI=1S/C25H30N4O2/c1-17-11-12-20(18(2)13-17)29-22(15-21(28-29)25(3,4)5)27-24(31)16-26-23(30)14-19-9-7-6-8-10-19/h6-13,15H,14,16H2,1-5H3,(H,26,30)(H,27,31). The Morgan fingerprint density at radius 1 is 0.968 bits per heavy atom. The Balaban J connectivity index is 1.74. The lowest BCUT2D eigenvalue weighted by atomic mass is 9.92. The first-order valence-corrected chi connectivity index (χ1v) is 10.4. The highest BCUT2D eigenvalue weighted by molar-refractivity contribution is 5.94. The molecule has 2 aromatic carbocycles. The molecule has 0 bridgehead atoms. The van der Waals surface area contributed by atoms with Crippen molar-refractivity contribution in [1.29, 1.82) is 0 Å². The summed E-state index contributed by atoms with van der Waals surface area (Å²) in [5, 5.41) is 10.4. The molecule has 0 unspecified atom stereocenters. The summed E-state index contributed by atoms with van der Waals surface area (Å²) in [4.78, 5) is 24.7. The van der Waals surface area contributed by atoms with Gasteiger partial charge < -0.3 is 10.6 Å². The van der Waals surface area contributed by atoms with E-state index in [4.69, 9.17) is 5.10 Å². The molecule has 0 fully saturated rings. The van der Waals surface area contributed by atoms with Gasteiger partial charge >= 0.3 is 0 Å². The molecule has 0 saturated carbocycles. The first-order chi connectivity index (χ1) is 14.6. The number of benzene rings is 2. The third kappa shape index (κ3) is 5.81. The van der Waals surface area contributed by atoms with E-state index in [1.54, 1.807) is 4.68 Å². The summed E-state index contributed by atoms with van der Waals surface area (Å²) in [6.45, 7) is 10.2. The molecular formula is C25H30N4O2. The van der Waals surface area contributed by atoms with Gasteiger partial charge in [-0.2, -0.15) is 5.10 Å². The minimum atomic E-state index is -0.298. The van der Waals surface area contributed by atoms with Gasteiger partial charge in [0.25, 0.3) is 0 Å². The Morgan fingerprint density at radius 2 is 1.68 bits per heavy atom. The highest BCUT2D eigenvalue weighted by Crippen LogP contribution is 2.27. The van der Waals surface area contributed by atoms with E-state index in [-0.39, 0.29) is 30.2 Å². The van der Waals surface area contributed by atoms with Crippen LogP contribution in [-0.4, -0.2) is 28.1 Å². The zero-order chi connectivity index (χ0) is 22.6. The second-order valence-corrected chi connectivity index (χ2v) is 8.85. The summed E-state index contributed by atoms with van der Waals surface area (Å²) in [6.07, 6.45) is 0.239. The summed E-state index contributed by atoms with van der Waals surface area (Å²) in [5.41, 5.74) is 4.74. The van der Waals surface area contributed by atoms with Crippen molar-refractivity contribution < 1.29 is 9.59 Å². The van der Waals surface area contributed by atoms with Gasteiger partial charge in [0, 0.05) is 11.5 Å². The van der Waals surface area contributed by atoms with Gasteiger partial charge in [0.15, 0.2) is 0 Å². The van der Waals surface area contributed by atoms with Gasteiger partial charge in [0.1, 0.15) is 5.82 Å². The van der Waals surface area contributed by atoms with Crippen LogP contribution in [0.3, 0.4) is 0 Å². The van der Waals surface area contributed by atoms with E-state index in [9.17, 15) is 9.59 Å². The van der Waals surface area contributed by atoms with Crippen LogP contribution in [-0.2, 0) is 21.4 Å². The van der Waals surface area contributed by atoms with Crippen molar-refractivity contribution in [2.75, 3.05) is 11.9 Å². The fourth-order valence-electron chi connectivity index (χ4n) is 3.27. The van der Waals surface area contributed by atoms with Crippen LogP contribution in [0.25, 0.3) is 5.69 Å². The molecule has 3 rings (SSSR count). The molecular weight excluding hydrogens is 388 g/mol. The molecule has 0 atom stereocenters. The zero-order valence-electron chi connectivity index (χ0n) is 18.8. The molecule has 2 amide bonds. The van der Waals surface area contributed by atoms with Crippen molar-refractivity contribution in [3.63, 3.8) is 0 Å². The van der Waals surface area contributed by atoms with Crippen molar-refractivity contribution in [2.45, 2.75) is 46.5 Å². The average molecular weight is 419 g/mol. The maximum atomic E-state index is 12.6. The largest absolute Gasteiger partial charge is 0.347 e. The third-order valence-electron chi connectivity index (χ3n) is 4.98. The fourth-order valence-corrected chi connectivity index (χ4v) is 3.27. The van der Waals surface area contributed by atoms with E-state index in [1.807, 2.05) is 62.4 Å². The average Bonchev–Trinajstić information content (AvgIpc) is 3.11. The lowest BCUT2D eigenvalue weighted by Crippen LogP contribution is -2.34. The number of carbonyl (C=O) groups excluding carboxylic acids is 2. The molecule has 3 aromatic rings. The number of hydrogen-bond acceptors (Lipinski definition) is 3. The molecule has 0 spiro atoms. The van der Waals surface area contributed by atoms with E-state index in [0.717, 1.165) is 28.1 Å². The van der Waals surface area contributed by atoms with Crippen LogP contribution >= 0.6 is 0 Å². The maximum Gasteiger partial charge on any atom is 0.244 e. The molecule has 31 heavy (non-hydrogen) atoms. The summed E-state index contributed by atoms with van der Waals surface area (Å²) in [7, 11) is 0. The summed E-state index contributed by atoms with van der Waals surface area (Å²) in [5.74, 6) is 0.0894. The van der Waals surface area contributed by atoms with Crippen molar-refractivity contribution in [3.05, 3.63) is 77.0 Å². The Hall–Kier alpha value is -3.41. The minimum absolute atomic E-state index is 0.103. The molecule has 2 N–H and O–H groups in total. The van der Waals surface area contributed by atoms with Gasteiger partial charge in [-0.15, -0.1) is 0 Å². The number of anilines is 1. The molecule has 1 heterocycles. The minimum Gasteiger partial charge on any atom is -0.347 e. The van der Waals surface area contributed by atoms with Gasteiger partial charge in [-0.05, 0) is 31.0 Å². The van der Waals surface area contributed by atoms with Gasteiger partial charge in [-0.1, -0.05) is 68.8 Å². The molecule has 0 aliphatic heterocycles. The van der Waals surface area contributed by atoms with E-state index in [2.05, 4.69) is 37.5 Å². The van der Waals surface area contributed by atoms with Crippen LogP contribution in [0.1, 0.15) is 43.2 Å². The zero-order valence-corrected chi connectivity index (χ0v) is 18.8. The SMILES string of the molecule is Cc1ccc(-n2nc(C(C)(C)C)cc2NC(=O)CNC(=O)Cc2ccccc2)c(C)c1. The van der Waals surface area contributed by atoms with Crippen LogP contribution in [0.2, 0.25) is 0 Å². The predicted molar refractivity (Wildman–Crippen MR) is 124 cm³/mol. The topological polar surface area (TPSA) is 76.0 Å². The van der Waals surface area contributed by atoms with Crippen molar-refractivity contribution in [1.82, 2.24) is 15.1 Å². The molecule has 0 saturated heterocycles. The Bertz CT molecular complexity index is 1080. The Labute approximate surface area is 183 Å². The van der Waals surface area contributed by atoms with Gasteiger partial charge in [0.05, 0.1) is 24.3 Å². The van der Waals surface area contributed by atoms with E-state index in [1.165, 1.54) is 0 Å². The van der Waals surface area contributed by atoms with Crippen LogP contribution in [0, 0.1) is 13.8 Å². The molecule has 6 nitrogen and oxygen atoms in total. The summed E-state index contributed by atoms with van der Waals surface area (Å²) >= 11 is 0.